The van der Waals surface area contributed by atoms with Crippen LogP contribution in [0.15, 0.2) is 144 Å². The van der Waals surface area contributed by atoms with E-state index in [0.717, 1.165) is 22.3 Å². The maximum Gasteiger partial charge on any atom is 0.143 e. The summed E-state index contributed by atoms with van der Waals surface area (Å²) in [5, 5.41) is 12.1. The van der Waals surface area contributed by atoms with Crippen molar-refractivity contribution in [1.82, 2.24) is 4.98 Å². The topological polar surface area (TPSA) is 26.0 Å². The van der Waals surface area contributed by atoms with Crippen LogP contribution in [0.1, 0.15) is 0 Å². The third-order valence-corrected chi connectivity index (χ3v) is 8.52. The molecule has 0 fully saturated rings. The highest BCUT2D eigenvalue weighted by Gasteiger charge is 2.22. The highest BCUT2D eigenvalue weighted by atomic mass is 16.3. The first-order valence-electron chi connectivity index (χ1n) is 14.0. The lowest BCUT2D eigenvalue weighted by Crippen LogP contribution is -1.91. The number of pyridine rings is 1. The number of hydrogen-bond donors (Lipinski definition) is 0. The summed E-state index contributed by atoms with van der Waals surface area (Å²) in [7, 11) is 0. The zero-order valence-corrected chi connectivity index (χ0v) is 22.1. The number of nitrogens with zero attached hydrogens (tertiary/aromatic N) is 1. The van der Waals surface area contributed by atoms with Gasteiger partial charge in [0.2, 0.25) is 0 Å². The van der Waals surface area contributed by atoms with Crippen LogP contribution in [0.2, 0.25) is 0 Å². The highest BCUT2D eigenvalue weighted by molar-refractivity contribution is 6.31. The fraction of sp³-hybridized carbons (Fsp3) is 0. The summed E-state index contributed by atoms with van der Waals surface area (Å²) in [6.07, 6.45) is 3.75. The predicted octanol–water partition coefficient (Wildman–Crippen LogP) is 10.9. The number of benzene rings is 7. The third kappa shape index (κ3) is 3.16. The van der Waals surface area contributed by atoms with Crippen LogP contribution in [0, 0.1) is 0 Å². The summed E-state index contributed by atoms with van der Waals surface area (Å²) >= 11 is 0. The highest BCUT2D eigenvalue weighted by Crippen LogP contribution is 2.48. The smallest absolute Gasteiger partial charge is 0.143 e. The van der Waals surface area contributed by atoms with Gasteiger partial charge in [0.25, 0.3) is 0 Å². The predicted molar refractivity (Wildman–Crippen MR) is 172 cm³/mol. The molecule has 9 aromatic rings. The van der Waals surface area contributed by atoms with Gasteiger partial charge in [-0.2, -0.15) is 0 Å². The van der Waals surface area contributed by atoms with Crippen LogP contribution in [0.3, 0.4) is 0 Å². The molecule has 0 aliphatic heterocycles. The van der Waals surface area contributed by atoms with E-state index in [4.69, 9.17) is 4.42 Å². The molecule has 0 bridgehead atoms. The Hall–Kier alpha value is -5.47. The van der Waals surface area contributed by atoms with Gasteiger partial charge in [0, 0.05) is 34.3 Å². The largest absolute Gasteiger partial charge is 0.455 e. The lowest BCUT2D eigenvalue weighted by molar-refractivity contribution is 0.670. The molecule has 2 heteroatoms. The molecule has 0 atom stereocenters. The molecule has 9 rings (SSSR count). The van der Waals surface area contributed by atoms with E-state index in [-0.39, 0.29) is 0 Å². The van der Waals surface area contributed by atoms with Crippen molar-refractivity contribution >= 4 is 65.0 Å². The number of furan rings is 1. The molecule has 2 nitrogen and oxygen atoms in total. The molecule has 0 saturated heterocycles. The Morgan fingerprint density at radius 1 is 0.439 bits per heavy atom. The minimum absolute atomic E-state index is 0.915. The molecule has 190 valence electrons. The molecule has 0 amide bonds. The van der Waals surface area contributed by atoms with Crippen LogP contribution in [-0.2, 0) is 0 Å². The van der Waals surface area contributed by atoms with E-state index in [1.165, 1.54) is 65.0 Å². The molecule has 2 aromatic heterocycles. The van der Waals surface area contributed by atoms with Crippen LogP contribution in [-0.4, -0.2) is 4.98 Å². The average Bonchev–Trinajstić information content (AvgIpc) is 3.44. The Balaban J connectivity index is 1.53. The Bertz CT molecular complexity index is 2410. The van der Waals surface area contributed by atoms with Crippen molar-refractivity contribution in [2.24, 2.45) is 0 Å². The van der Waals surface area contributed by atoms with E-state index >= 15 is 0 Å². The number of aromatic nitrogens is 1. The molecule has 0 unspecified atom stereocenters. The molecule has 7 aromatic carbocycles. The van der Waals surface area contributed by atoms with Gasteiger partial charge in [-0.15, -0.1) is 0 Å². The minimum atomic E-state index is 0.915. The molecule has 41 heavy (non-hydrogen) atoms. The average molecular weight is 522 g/mol. The lowest BCUT2D eigenvalue weighted by atomic mass is 9.85. The van der Waals surface area contributed by atoms with E-state index in [1.54, 1.807) is 0 Å². The van der Waals surface area contributed by atoms with Gasteiger partial charge in [-0.1, -0.05) is 103 Å². The summed E-state index contributed by atoms with van der Waals surface area (Å²) in [4.78, 5) is 4.29. The van der Waals surface area contributed by atoms with Crippen LogP contribution < -0.4 is 0 Å². The van der Waals surface area contributed by atoms with E-state index in [1.807, 2.05) is 12.4 Å². The second kappa shape index (κ2) is 8.51. The zero-order valence-electron chi connectivity index (χ0n) is 22.1. The summed E-state index contributed by atoms with van der Waals surface area (Å²) < 4.78 is 6.86. The van der Waals surface area contributed by atoms with E-state index in [0.29, 0.717) is 0 Å². The summed E-state index contributed by atoms with van der Waals surface area (Å²) in [6.45, 7) is 0. The van der Waals surface area contributed by atoms with Crippen LogP contribution in [0.5, 0.6) is 0 Å². The Morgan fingerprint density at radius 2 is 0.976 bits per heavy atom. The van der Waals surface area contributed by atoms with Crippen molar-refractivity contribution in [2.45, 2.75) is 0 Å². The maximum atomic E-state index is 6.86. The van der Waals surface area contributed by atoms with Gasteiger partial charge in [0.15, 0.2) is 0 Å². The number of rotatable bonds is 2. The molecule has 0 N–H and O–H groups in total. The molecule has 0 spiro atoms. The molecule has 0 radical (unpaired) electrons. The first kappa shape index (κ1) is 22.4. The summed E-state index contributed by atoms with van der Waals surface area (Å²) in [6, 6.07) is 45.6. The number of hydrogen-bond acceptors (Lipinski definition) is 2. The minimum Gasteiger partial charge on any atom is -0.455 e. The maximum absolute atomic E-state index is 6.86. The SMILES string of the molecule is c1ccc2c(c1)ccc1oc3c(-c4c5ccccc5c(-c5ccncc5)c5ccccc45)cc4ccccc4c3c12. The molecule has 2 heterocycles. The fourth-order valence-corrected chi connectivity index (χ4v) is 6.82. The normalized spacial score (nSPS) is 11.9. The van der Waals surface area contributed by atoms with Crippen molar-refractivity contribution in [3.8, 4) is 22.3 Å². The van der Waals surface area contributed by atoms with Crippen molar-refractivity contribution < 1.29 is 4.42 Å². The quantitative estimate of drug-likeness (QED) is 0.211. The van der Waals surface area contributed by atoms with E-state index in [9.17, 15) is 0 Å². The third-order valence-electron chi connectivity index (χ3n) is 8.52. The lowest BCUT2D eigenvalue weighted by Gasteiger charge is -2.18. The molecule has 0 aliphatic rings. The van der Waals surface area contributed by atoms with Gasteiger partial charge in [-0.25, -0.2) is 0 Å². The van der Waals surface area contributed by atoms with Crippen molar-refractivity contribution in [3.63, 3.8) is 0 Å². The van der Waals surface area contributed by atoms with Gasteiger partial charge in [-0.05, 0) is 78.5 Å². The zero-order chi connectivity index (χ0) is 26.9. The van der Waals surface area contributed by atoms with E-state index < -0.39 is 0 Å². The van der Waals surface area contributed by atoms with Gasteiger partial charge in [0.1, 0.15) is 11.2 Å². The molecular formula is C39H23NO. The molecular weight excluding hydrogens is 498 g/mol. The monoisotopic (exact) mass is 521 g/mol. The van der Waals surface area contributed by atoms with Gasteiger partial charge in [-0.3, -0.25) is 4.98 Å². The second-order valence-electron chi connectivity index (χ2n) is 10.7. The second-order valence-corrected chi connectivity index (χ2v) is 10.7. The fourth-order valence-electron chi connectivity index (χ4n) is 6.82. The summed E-state index contributed by atoms with van der Waals surface area (Å²) in [5.74, 6) is 0. The van der Waals surface area contributed by atoms with Crippen molar-refractivity contribution in [3.05, 3.63) is 140 Å². The van der Waals surface area contributed by atoms with Crippen LogP contribution in [0.25, 0.3) is 87.3 Å². The Morgan fingerprint density at radius 3 is 1.63 bits per heavy atom. The van der Waals surface area contributed by atoms with Gasteiger partial charge in [0.05, 0.1) is 0 Å². The standard InChI is InChI=1S/C39H23NO/c1-3-11-27-24(9-1)17-18-34-37(27)38-28-12-4-2-10-26(28)23-33(39(38)41-34)36-31-15-7-5-13-29(31)35(25-19-21-40-22-20-25)30-14-6-8-16-32(30)36/h1-23H. The Kier molecular flexibility index (Phi) is 4.64. The molecule has 0 saturated carbocycles. The number of fused-ring (bicyclic) bond motifs is 9. The van der Waals surface area contributed by atoms with Crippen molar-refractivity contribution in [2.75, 3.05) is 0 Å². The molecule has 0 aliphatic carbocycles. The van der Waals surface area contributed by atoms with Crippen LogP contribution in [0.4, 0.5) is 0 Å². The van der Waals surface area contributed by atoms with Gasteiger partial charge < -0.3 is 4.42 Å². The first-order valence-corrected chi connectivity index (χ1v) is 14.0. The first-order chi connectivity index (χ1) is 20.4. The van der Waals surface area contributed by atoms with Gasteiger partial charge >= 0.3 is 0 Å². The van der Waals surface area contributed by atoms with Crippen molar-refractivity contribution in [1.29, 1.82) is 0 Å². The van der Waals surface area contributed by atoms with Crippen LogP contribution >= 0.6 is 0 Å². The summed E-state index contributed by atoms with van der Waals surface area (Å²) in [5.41, 5.74) is 6.56. The Labute approximate surface area is 236 Å². The van der Waals surface area contributed by atoms with E-state index in [2.05, 4.69) is 132 Å².